The monoisotopic (exact) mass is 332 g/mol. The quantitative estimate of drug-likeness (QED) is 0.527. The van der Waals surface area contributed by atoms with Crippen LogP contribution in [0.15, 0.2) is 64.5 Å². The molecule has 3 nitrogen and oxygen atoms in total. The summed E-state index contributed by atoms with van der Waals surface area (Å²) in [7, 11) is 0. The van der Waals surface area contributed by atoms with Crippen molar-refractivity contribution >= 4 is 22.7 Å². The summed E-state index contributed by atoms with van der Waals surface area (Å²) in [5.41, 5.74) is 0.982. The Morgan fingerprint density at radius 3 is 2.39 bits per heavy atom. The Bertz CT molecular complexity index is 881. The maximum Gasteiger partial charge on any atom is 0.291 e. The van der Waals surface area contributed by atoms with Crippen LogP contribution in [-0.4, -0.2) is 15.3 Å². The van der Waals surface area contributed by atoms with E-state index in [-0.39, 0.29) is 16.8 Å². The predicted molar refractivity (Wildman–Crippen MR) is 88.1 cm³/mol. The predicted octanol–water partition coefficient (Wildman–Crippen LogP) is 4.32. The molecular formula is C17H14F2N2OS. The second-order valence-corrected chi connectivity index (χ2v) is 6.01. The van der Waals surface area contributed by atoms with E-state index in [1.807, 2.05) is 37.3 Å². The van der Waals surface area contributed by atoms with Gasteiger partial charge in [-0.2, -0.15) is 8.78 Å². The van der Waals surface area contributed by atoms with Crippen molar-refractivity contribution in [3.8, 4) is 0 Å². The summed E-state index contributed by atoms with van der Waals surface area (Å²) in [6.07, 6.45) is 0. The van der Waals surface area contributed by atoms with Crippen molar-refractivity contribution in [1.29, 1.82) is 0 Å². The molecule has 1 heterocycles. The van der Waals surface area contributed by atoms with Gasteiger partial charge in [-0.3, -0.25) is 9.36 Å². The van der Waals surface area contributed by atoms with E-state index in [0.29, 0.717) is 22.7 Å². The third-order valence-electron chi connectivity index (χ3n) is 3.64. The number of fused-ring (bicyclic) bond motifs is 1. The zero-order valence-electron chi connectivity index (χ0n) is 12.3. The lowest BCUT2D eigenvalue weighted by Crippen LogP contribution is -2.27. The number of rotatable bonds is 4. The first-order valence-electron chi connectivity index (χ1n) is 7.09. The van der Waals surface area contributed by atoms with Crippen molar-refractivity contribution in [2.75, 3.05) is 0 Å². The number of benzene rings is 2. The molecule has 6 heteroatoms. The average molecular weight is 332 g/mol. The van der Waals surface area contributed by atoms with Gasteiger partial charge < -0.3 is 0 Å². The van der Waals surface area contributed by atoms with Crippen molar-refractivity contribution in [3.63, 3.8) is 0 Å². The van der Waals surface area contributed by atoms with Gasteiger partial charge in [0.1, 0.15) is 0 Å². The summed E-state index contributed by atoms with van der Waals surface area (Å²) in [5, 5.41) is 0.453. The molecule has 0 amide bonds. The fraction of sp³-hybridized carbons (Fsp3) is 0.176. The van der Waals surface area contributed by atoms with Crippen LogP contribution in [0.5, 0.6) is 0 Å². The van der Waals surface area contributed by atoms with Crippen LogP contribution in [0.2, 0.25) is 0 Å². The van der Waals surface area contributed by atoms with Crippen molar-refractivity contribution in [2.24, 2.45) is 0 Å². The lowest BCUT2D eigenvalue weighted by atomic mass is 10.1. The molecule has 2 aromatic carbocycles. The van der Waals surface area contributed by atoms with Crippen LogP contribution in [-0.2, 0) is 0 Å². The molecule has 0 saturated carbocycles. The highest BCUT2D eigenvalue weighted by molar-refractivity contribution is 7.99. The van der Waals surface area contributed by atoms with Crippen molar-refractivity contribution < 1.29 is 8.78 Å². The molecule has 3 rings (SSSR count). The van der Waals surface area contributed by atoms with Crippen LogP contribution in [0, 0.1) is 0 Å². The molecule has 0 saturated heterocycles. The average Bonchev–Trinajstić information content (AvgIpc) is 2.55. The van der Waals surface area contributed by atoms with Gasteiger partial charge in [0.05, 0.1) is 16.9 Å². The van der Waals surface area contributed by atoms with Gasteiger partial charge in [0.25, 0.3) is 11.3 Å². The van der Waals surface area contributed by atoms with Crippen molar-refractivity contribution in [2.45, 2.75) is 23.9 Å². The molecule has 23 heavy (non-hydrogen) atoms. The molecule has 0 N–H and O–H groups in total. The van der Waals surface area contributed by atoms with E-state index >= 15 is 0 Å². The number of hydrogen-bond acceptors (Lipinski definition) is 3. The summed E-state index contributed by atoms with van der Waals surface area (Å²) in [6, 6.07) is 15.7. The normalized spacial score (nSPS) is 12.7. The van der Waals surface area contributed by atoms with Crippen LogP contribution in [0.4, 0.5) is 8.78 Å². The maximum atomic E-state index is 12.9. The molecule has 118 valence electrons. The SMILES string of the molecule is CC(c1ccccc1)n1c(SC(F)F)nc2ccccc2c1=O. The Hall–Kier alpha value is -2.21. The minimum absolute atomic E-state index is 0.0278. The first-order valence-corrected chi connectivity index (χ1v) is 7.97. The first kappa shape index (κ1) is 15.7. The molecule has 0 aliphatic heterocycles. The summed E-state index contributed by atoms with van der Waals surface area (Å²) >= 11 is 0.296. The topological polar surface area (TPSA) is 34.9 Å². The number of nitrogens with zero attached hydrogens (tertiary/aromatic N) is 2. The lowest BCUT2D eigenvalue weighted by molar-refractivity contribution is 0.251. The Balaban J connectivity index is 2.24. The number of alkyl halides is 2. The van der Waals surface area contributed by atoms with Crippen LogP contribution >= 0.6 is 11.8 Å². The number of hydrogen-bond donors (Lipinski definition) is 0. The number of para-hydroxylation sites is 1. The maximum absolute atomic E-state index is 12.9. The van der Waals surface area contributed by atoms with Crippen LogP contribution in [0.1, 0.15) is 18.5 Å². The Kier molecular flexibility index (Phi) is 4.43. The van der Waals surface area contributed by atoms with E-state index in [1.54, 1.807) is 24.3 Å². The minimum Gasteiger partial charge on any atom is -0.280 e. The highest BCUT2D eigenvalue weighted by Gasteiger charge is 2.20. The zero-order chi connectivity index (χ0) is 16.4. The molecule has 0 aliphatic carbocycles. The second-order valence-electron chi connectivity index (χ2n) is 5.05. The molecule has 1 aromatic heterocycles. The number of aromatic nitrogens is 2. The molecule has 1 unspecified atom stereocenters. The van der Waals surface area contributed by atoms with Gasteiger partial charge in [-0.05, 0) is 36.4 Å². The molecule has 0 bridgehead atoms. The Morgan fingerprint density at radius 1 is 1.04 bits per heavy atom. The molecular weight excluding hydrogens is 318 g/mol. The molecule has 3 aromatic rings. The molecule has 1 atom stereocenters. The van der Waals surface area contributed by atoms with E-state index in [1.165, 1.54) is 4.57 Å². The van der Waals surface area contributed by atoms with Crippen LogP contribution < -0.4 is 5.56 Å². The fourth-order valence-corrected chi connectivity index (χ4v) is 3.18. The summed E-state index contributed by atoms with van der Waals surface area (Å²) in [4.78, 5) is 17.1. The van der Waals surface area contributed by atoms with Crippen LogP contribution in [0.3, 0.4) is 0 Å². The van der Waals surface area contributed by atoms with Crippen molar-refractivity contribution in [3.05, 3.63) is 70.5 Å². The lowest BCUT2D eigenvalue weighted by Gasteiger charge is -2.19. The van der Waals surface area contributed by atoms with E-state index in [9.17, 15) is 13.6 Å². The van der Waals surface area contributed by atoms with E-state index in [2.05, 4.69) is 4.98 Å². The molecule has 0 fully saturated rings. The van der Waals surface area contributed by atoms with Gasteiger partial charge in [-0.1, -0.05) is 42.5 Å². The van der Waals surface area contributed by atoms with Gasteiger partial charge >= 0.3 is 0 Å². The standard InChI is InChI=1S/C17H14F2N2OS/c1-11(12-7-3-2-4-8-12)21-15(22)13-9-5-6-10-14(13)20-17(21)23-16(18)19/h2-11,16H,1H3. The van der Waals surface area contributed by atoms with Gasteiger partial charge in [0.2, 0.25) is 0 Å². The van der Waals surface area contributed by atoms with Gasteiger partial charge in [0.15, 0.2) is 5.16 Å². The number of halogens is 2. The van der Waals surface area contributed by atoms with Gasteiger partial charge in [-0.25, -0.2) is 4.98 Å². The highest BCUT2D eigenvalue weighted by atomic mass is 32.2. The molecule has 0 radical (unpaired) electrons. The largest absolute Gasteiger partial charge is 0.291 e. The second kappa shape index (κ2) is 6.50. The third kappa shape index (κ3) is 3.12. The van der Waals surface area contributed by atoms with E-state index < -0.39 is 5.76 Å². The smallest absolute Gasteiger partial charge is 0.280 e. The minimum atomic E-state index is -2.64. The summed E-state index contributed by atoms with van der Waals surface area (Å²) < 4.78 is 27.2. The molecule has 0 spiro atoms. The summed E-state index contributed by atoms with van der Waals surface area (Å²) in [6.45, 7) is 1.81. The van der Waals surface area contributed by atoms with Crippen LogP contribution in [0.25, 0.3) is 10.9 Å². The molecule has 0 aliphatic rings. The van der Waals surface area contributed by atoms with Gasteiger partial charge in [-0.15, -0.1) is 0 Å². The first-order chi connectivity index (χ1) is 11.1. The Morgan fingerprint density at radius 2 is 1.70 bits per heavy atom. The van der Waals surface area contributed by atoms with E-state index in [4.69, 9.17) is 0 Å². The summed E-state index contributed by atoms with van der Waals surface area (Å²) in [5.74, 6) is -2.64. The fourth-order valence-electron chi connectivity index (χ4n) is 2.51. The van der Waals surface area contributed by atoms with E-state index in [0.717, 1.165) is 5.56 Å². The Labute approximate surface area is 136 Å². The number of thioether (sulfide) groups is 1. The van der Waals surface area contributed by atoms with Gasteiger partial charge in [0, 0.05) is 0 Å². The van der Waals surface area contributed by atoms with Crippen molar-refractivity contribution in [1.82, 2.24) is 9.55 Å². The zero-order valence-corrected chi connectivity index (χ0v) is 13.1. The highest BCUT2D eigenvalue weighted by Crippen LogP contribution is 2.28. The third-order valence-corrected chi connectivity index (χ3v) is 4.32.